The molecule has 0 aromatic carbocycles. The lowest BCUT2D eigenvalue weighted by Gasteiger charge is -2.11. The highest BCUT2D eigenvalue weighted by atomic mass is 16.4. The zero-order valence-corrected chi connectivity index (χ0v) is 20.6. The largest absolute Gasteiger partial charge is 0.481 e. The lowest BCUT2D eigenvalue weighted by molar-refractivity contribution is -0.137. The van der Waals surface area contributed by atoms with E-state index in [2.05, 4.69) is 71.1 Å². The average molecular weight is 419 g/mol. The summed E-state index contributed by atoms with van der Waals surface area (Å²) in [5, 5.41) is 8.59. The molecule has 0 fully saturated rings. The first kappa shape index (κ1) is 28.7. The van der Waals surface area contributed by atoms with Gasteiger partial charge in [0.25, 0.3) is 0 Å². The van der Waals surface area contributed by atoms with Gasteiger partial charge in [-0.2, -0.15) is 0 Å². The van der Waals surface area contributed by atoms with E-state index in [1.54, 1.807) is 0 Å². The van der Waals surface area contributed by atoms with E-state index >= 15 is 0 Å². The van der Waals surface area contributed by atoms with E-state index in [1.807, 2.05) is 0 Å². The minimum Gasteiger partial charge on any atom is -0.481 e. The molecule has 0 aromatic rings. The molecular weight excluding hydrogens is 368 g/mol. The van der Waals surface area contributed by atoms with Gasteiger partial charge in [0.05, 0.1) is 0 Å². The highest BCUT2D eigenvalue weighted by Crippen LogP contribution is 2.18. The Bertz CT molecular complexity index is 487. The van der Waals surface area contributed by atoms with Crippen LogP contribution in [0.2, 0.25) is 0 Å². The summed E-state index contributed by atoms with van der Waals surface area (Å²) in [6.07, 6.45) is 27.0. The highest BCUT2D eigenvalue weighted by Gasteiger charge is 2.03. The summed E-state index contributed by atoms with van der Waals surface area (Å²) in [5.74, 6) is 2.30. The number of hydrogen-bond donors (Lipinski definition) is 1. The van der Waals surface area contributed by atoms with E-state index in [1.165, 1.54) is 44.9 Å². The van der Waals surface area contributed by atoms with Crippen LogP contribution in [0.4, 0.5) is 0 Å². The molecule has 0 spiro atoms. The monoisotopic (exact) mass is 418 g/mol. The van der Waals surface area contributed by atoms with Crippen molar-refractivity contribution in [1.29, 1.82) is 0 Å². The Labute approximate surface area is 187 Å². The zero-order valence-electron chi connectivity index (χ0n) is 20.6. The molecule has 0 aliphatic carbocycles. The molecule has 3 unspecified atom stereocenters. The van der Waals surface area contributed by atoms with Crippen molar-refractivity contribution < 1.29 is 9.90 Å². The Morgan fingerprint density at radius 3 is 1.90 bits per heavy atom. The summed E-state index contributed by atoms with van der Waals surface area (Å²) < 4.78 is 0. The molecule has 0 aliphatic heterocycles. The van der Waals surface area contributed by atoms with Crippen LogP contribution in [0.5, 0.6) is 0 Å². The average Bonchev–Trinajstić information content (AvgIpc) is 2.66. The van der Waals surface area contributed by atoms with E-state index < -0.39 is 5.97 Å². The molecule has 0 amide bonds. The maximum absolute atomic E-state index is 10.4. The first-order valence-electron chi connectivity index (χ1n) is 12.5. The van der Waals surface area contributed by atoms with Crippen molar-refractivity contribution in [3.8, 4) is 0 Å². The minimum absolute atomic E-state index is 0.272. The molecule has 2 nitrogen and oxygen atoms in total. The smallest absolute Gasteiger partial charge is 0.303 e. The normalized spacial score (nSPS) is 15.5. The van der Waals surface area contributed by atoms with Gasteiger partial charge in [-0.05, 0) is 68.6 Å². The number of rotatable bonds is 19. The number of aliphatic carboxylic acids is 1. The van der Waals surface area contributed by atoms with Gasteiger partial charge in [0.1, 0.15) is 0 Å². The fraction of sp³-hybridized carbons (Fsp3) is 0.750. The Morgan fingerprint density at radius 2 is 1.27 bits per heavy atom. The Balaban J connectivity index is 3.70. The van der Waals surface area contributed by atoms with Gasteiger partial charge in [-0.25, -0.2) is 0 Å². The van der Waals surface area contributed by atoms with Crippen molar-refractivity contribution in [3.63, 3.8) is 0 Å². The summed E-state index contributed by atoms with van der Waals surface area (Å²) in [5.41, 5.74) is 0. The summed E-state index contributed by atoms with van der Waals surface area (Å²) in [4.78, 5) is 10.4. The molecule has 3 atom stereocenters. The van der Waals surface area contributed by atoms with E-state index in [0.29, 0.717) is 5.92 Å². The molecule has 0 heterocycles. The molecule has 0 saturated carbocycles. The van der Waals surface area contributed by atoms with Crippen molar-refractivity contribution in [2.24, 2.45) is 23.7 Å². The number of hydrogen-bond acceptors (Lipinski definition) is 1. The summed E-state index contributed by atoms with van der Waals surface area (Å²) in [7, 11) is 0. The number of carboxylic acid groups (broad SMARTS) is 1. The van der Waals surface area contributed by atoms with Crippen LogP contribution in [-0.4, -0.2) is 11.1 Å². The van der Waals surface area contributed by atoms with Crippen LogP contribution in [0, 0.1) is 23.7 Å². The summed E-state index contributed by atoms with van der Waals surface area (Å²) in [6, 6.07) is 0. The molecule has 0 aromatic heterocycles. The van der Waals surface area contributed by atoms with E-state index in [-0.39, 0.29) is 6.42 Å². The molecule has 30 heavy (non-hydrogen) atoms. The molecule has 2 heteroatoms. The fourth-order valence-corrected chi connectivity index (χ4v) is 3.62. The second kappa shape index (κ2) is 19.6. The third-order valence-corrected chi connectivity index (χ3v) is 5.69. The quantitative estimate of drug-likeness (QED) is 0.168. The number of unbranched alkanes of at least 4 members (excludes halogenated alkanes) is 2. The van der Waals surface area contributed by atoms with Crippen molar-refractivity contribution >= 4 is 5.97 Å². The van der Waals surface area contributed by atoms with E-state index in [4.69, 9.17) is 5.11 Å². The fourth-order valence-electron chi connectivity index (χ4n) is 3.62. The predicted octanol–water partition coefficient (Wildman–Crippen LogP) is 8.99. The molecule has 174 valence electrons. The highest BCUT2D eigenvalue weighted by molar-refractivity contribution is 5.66. The summed E-state index contributed by atoms with van der Waals surface area (Å²) >= 11 is 0. The van der Waals surface area contributed by atoms with Gasteiger partial charge >= 0.3 is 5.97 Å². The van der Waals surface area contributed by atoms with Gasteiger partial charge in [-0.3, -0.25) is 4.79 Å². The SMILES string of the molecule is CC(C)CCCC(C)/C=C\CC(C)CCCC(C)/C=C\CC/C=C\CCCC(=O)O. The topological polar surface area (TPSA) is 37.3 Å². The maximum atomic E-state index is 10.4. The predicted molar refractivity (Wildman–Crippen MR) is 133 cm³/mol. The van der Waals surface area contributed by atoms with Gasteiger partial charge in [-0.15, -0.1) is 0 Å². The first-order valence-corrected chi connectivity index (χ1v) is 12.5. The molecule has 1 N–H and O–H groups in total. The molecule has 0 aliphatic rings. The first-order chi connectivity index (χ1) is 14.3. The maximum Gasteiger partial charge on any atom is 0.303 e. The van der Waals surface area contributed by atoms with Crippen LogP contribution in [0.1, 0.15) is 112 Å². The van der Waals surface area contributed by atoms with Gasteiger partial charge < -0.3 is 5.11 Å². The number of carboxylic acids is 1. The minimum atomic E-state index is -0.701. The lowest BCUT2D eigenvalue weighted by Crippen LogP contribution is -1.97. The third kappa shape index (κ3) is 21.4. The Hall–Kier alpha value is -1.31. The van der Waals surface area contributed by atoms with Gasteiger partial charge in [-0.1, -0.05) is 96.8 Å². The van der Waals surface area contributed by atoms with Crippen molar-refractivity contribution in [3.05, 3.63) is 36.5 Å². The molecule has 0 rings (SSSR count). The lowest BCUT2D eigenvalue weighted by atomic mass is 9.95. The molecular formula is C28H50O2. The van der Waals surface area contributed by atoms with Crippen molar-refractivity contribution in [2.45, 2.75) is 112 Å². The van der Waals surface area contributed by atoms with Crippen LogP contribution >= 0.6 is 0 Å². The second-order valence-electron chi connectivity index (χ2n) is 9.74. The van der Waals surface area contributed by atoms with Crippen LogP contribution < -0.4 is 0 Å². The Kier molecular flexibility index (Phi) is 18.8. The molecule has 0 saturated heterocycles. The van der Waals surface area contributed by atoms with Crippen LogP contribution in [0.3, 0.4) is 0 Å². The standard InChI is InChI=1S/C28H50O2/c1-24(2)16-13-18-26(4)20-15-22-27(5)21-14-19-25(3)17-11-9-7-6-8-10-12-23-28(29)30/h6,8,11,15,17,20,24-27H,7,9-10,12-14,16,18-19,21-23H2,1-5H3,(H,29,30)/b8-6-,17-11-,20-15-. The molecule has 0 bridgehead atoms. The second-order valence-corrected chi connectivity index (χ2v) is 9.74. The van der Waals surface area contributed by atoms with Crippen LogP contribution in [-0.2, 0) is 4.79 Å². The van der Waals surface area contributed by atoms with Gasteiger partial charge in [0, 0.05) is 6.42 Å². The van der Waals surface area contributed by atoms with Crippen molar-refractivity contribution in [2.75, 3.05) is 0 Å². The van der Waals surface area contributed by atoms with Gasteiger partial charge in [0.2, 0.25) is 0 Å². The van der Waals surface area contributed by atoms with Crippen LogP contribution in [0.25, 0.3) is 0 Å². The number of carbonyl (C=O) groups is 1. The van der Waals surface area contributed by atoms with E-state index in [9.17, 15) is 4.79 Å². The molecule has 0 radical (unpaired) electrons. The van der Waals surface area contributed by atoms with Crippen molar-refractivity contribution in [1.82, 2.24) is 0 Å². The van der Waals surface area contributed by atoms with Crippen LogP contribution in [0.15, 0.2) is 36.5 Å². The zero-order chi connectivity index (χ0) is 22.6. The van der Waals surface area contributed by atoms with Gasteiger partial charge in [0.15, 0.2) is 0 Å². The van der Waals surface area contributed by atoms with E-state index in [0.717, 1.165) is 43.4 Å². The Morgan fingerprint density at radius 1 is 0.700 bits per heavy atom. The summed E-state index contributed by atoms with van der Waals surface area (Å²) in [6.45, 7) is 11.7. The third-order valence-electron chi connectivity index (χ3n) is 5.69. The number of allylic oxidation sites excluding steroid dienone is 6.